The molecule has 0 unspecified atom stereocenters. The van der Waals surface area contributed by atoms with Gasteiger partial charge < -0.3 is 15.0 Å². The summed E-state index contributed by atoms with van der Waals surface area (Å²) in [7, 11) is 0. The number of carbonyl (C=O) groups is 1. The molecule has 2 heterocycles. The highest BCUT2D eigenvalue weighted by Gasteiger charge is 2.26. The van der Waals surface area contributed by atoms with Gasteiger partial charge in [0.25, 0.3) is 11.6 Å². The van der Waals surface area contributed by atoms with Gasteiger partial charge in [0.1, 0.15) is 0 Å². The average molecular weight is 424 g/mol. The maximum absolute atomic E-state index is 12.9. The number of hydrogen-bond acceptors (Lipinski definition) is 5. The number of piperidine rings is 1. The van der Waals surface area contributed by atoms with Crippen LogP contribution in [0.4, 0.5) is 11.4 Å². The minimum absolute atomic E-state index is 0.0276. The fourth-order valence-electron chi connectivity index (χ4n) is 4.53. The molecule has 1 amide bonds. The lowest BCUT2D eigenvalue weighted by Crippen LogP contribution is -2.37. The first-order chi connectivity index (χ1) is 15.1. The molecule has 7 nitrogen and oxygen atoms in total. The van der Waals surface area contributed by atoms with E-state index >= 15 is 0 Å². The summed E-state index contributed by atoms with van der Waals surface area (Å²) in [5, 5.41) is 14.2. The van der Waals surface area contributed by atoms with Gasteiger partial charge in [-0.2, -0.15) is 0 Å². The van der Waals surface area contributed by atoms with Crippen LogP contribution < -0.4 is 10.2 Å². The third-order valence-electron chi connectivity index (χ3n) is 6.27. The summed E-state index contributed by atoms with van der Waals surface area (Å²) in [5.41, 5.74) is 2.43. The van der Waals surface area contributed by atoms with Crippen molar-refractivity contribution < 1.29 is 14.5 Å². The molecule has 2 fully saturated rings. The molecule has 1 atom stereocenters. The number of nitro groups is 1. The van der Waals surface area contributed by atoms with Crippen molar-refractivity contribution in [2.24, 2.45) is 5.92 Å². The Morgan fingerprint density at radius 3 is 2.58 bits per heavy atom. The number of hydrogen-bond donors (Lipinski definition) is 1. The van der Waals surface area contributed by atoms with Crippen LogP contribution in [0, 0.1) is 16.0 Å². The summed E-state index contributed by atoms with van der Waals surface area (Å²) in [6.45, 7) is 2.82. The quantitative estimate of drug-likeness (QED) is 0.538. The van der Waals surface area contributed by atoms with Gasteiger partial charge in [-0.05, 0) is 49.7 Å². The van der Waals surface area contributed by atoms with E-state index in [9.17, 15) is 14.9 Å². The van der Waals surface area contributed by atoms with E-state index in [1.54, 1.807) is 6.07 Å². The lowest BCUT2D eigenvalue weighted by Gasteiger charge is -2.34. The number of nitrogens with zero attached hydrogens (tertiary/aromatic N) is 2. The third kappa shape index (κ3) is 5.41. The molecule has 1 N–H and O–H groups in total. The van der Waals surface area contributed by atoms with E-state index in [-0.39, 0.29) is 17.7 Å². The first-order valence-corrected chi connectivity index (χ1v) is 11.1. The standard InChI is InChI=1S/C24H29N3O4/c28-24(25-17-21-7-4-14-31-21)22-16-20(27(29)30)8-9-23(22)26-12-10-19(11-13-26)15-18-5-2-1-3-6-18/h1-3,5-6,8-9,16,19,21H,4,7,10-15,17H2,(H,25,28)/t21-/m0/s1. The van der Waals surface area contributed by atoms with Gasteiger partial charge in [-0.1, -0.05) is 30.3 Å². The van der Waals surface area contributed by atoms with E-state index in [4.69, 9.17) is 4.74 Å². The van der Waals surface area contributed by atoms with E-state index in [1.165, 1.54) is 17.7 Å². The molecular weight excluding hydrogens is 394 g/mol. The Morgan fingerprint density at radius 2 is 1.90 bits per heavy atom. The monoisotopic (exact) mass is 423 g/mol. The highest BCUT2D eigenvalue weighted by Crippen LogP contribution is 2.30. The second kappa shape index (κ2) is 9.92. The molecule has 0 bridgehead atoms. The largest absolute Gasteiger partial charge is 0.376 e. The maximum Gasteiger partial charge on any atom is 0.270 e. The van der Waals surface area contributed by atoms with Gasteiger partial charge in [-0.25, -0.2) is 0 Å². The molecule has 164 valence electrons. The number of ether oxygens (including phenoxy) is 1. The zero-order valence-electron chi connectivity index (χ0n) is 17.7. The van der Waals surface area contributed by atoms with Crippen LogP contribution in [0.5, 0.6) is 0 Å². The van der Waals surface area contributed by atoms with Gasteiger partial charge in [0.05, 0.1) is 22.3 Å². The lowest BCUT2D eigenvalue weighted by molar-refractivity contribution is -0.384. The van der Waals surface area contributed by atoms with E-state index < -0.39 is 4.92 Å². The van der Waals surface area contributed by atoms with Crippen molar-refractivity contribution in [1.29, 1.82) is 0 Å². The number of benzene rings is 2. The molecule has 0 aromatic heterocycles. The number of amides is 1. The minimum atomic E-state index is -0.452. The Balaban J connectivity index is 1.44. The van der Waals surface area contributed by atoms with E-state index in [0.29, 0.717) is 18.0 Å². The number of carbonyl (C=O) groups excluding carboxylic acids is 1. The van der Waals surface area contributed by atoms with Crippen LogP contribution in [0.25, 0.3) is 0 Å². The first-order valence-electron chi connectivity index (χ1n) is 11.1. The Labute approximate surface area is 182 Å². The Hall–Kier alpha value is -2.93. The van der Waals surface area contributed by atoms with Crippen molar-refractivity contribution in [3.63, 3.8) is 0 Å². The second-order valence-corrected chi connectivity index (χ2v) is 8.42. The number of anilines is 1. The molecule has 2 aliphatic rings. The van der Waals surface area contributed by atoms with Gasteiger partial charge in [0.2, 0.25) is 0 Å². The summed E-state index contributed by atoms with van der Waals surface area (Å²) in [6, 6.07) is 15.1. The average Bonchev–Trinajstić information content (AvgIpc) is 3.32. The fraction of sp³-hybridized carbons (Fsp3) is 0.458. The maximum atomic E-state index is 12.9. The van der Waals surface area contributed by atoms with Crippen molar-refractivity contribution in [1.82, 2.24) is 5.32 Å². The van der Waals surface area contributed by atoms with Crippen molar-refractivity contribution in [2.45, 2.75) is 38.2 Å². The predicted molar refractivity (Wildman–Crippen MR) is 119 cm³/mol. The smallest absolute Gasteiger partial charge is 0.270 e. The van der Waals surface area contributed by atoms with E-state index in [1.807, 2.05) is 6.07 Å². The van der Waals surface area contributed by atoms with Crippen LogP contribution in [0.1, 0.15) is 41.6 Å². The topological polar surface area (TPSA) is 84.7 Å². The molecule has 0 radical (unpaired) electrons. The van der Waals surface area contributed by atoms with Crippen molar-refractivity contribution in [3.05, 3.63) is 69.8 Å². The Bertz CT molecular complexity index is 904. The zero-order valence-corrected chi connectivity index (χ0v) is 17.7. The van der Waals surface area contributed by atoms with Crippen LogP contribution in [0.3, 0.4) is 0 Å². The molecule has 4 rings (SSSR count). The van der Waals surface area contributed by atoms with Gasteiger partial charge in [-0.15, -0.1) is 0 Å². The lowest BCUT2D eigenvalue weighted by atomic mass is 9.89. The summed E-state index contributed by atoms with van der Waals surface area (Å²) < 4.78 is 5.57. The van der Waals surface area contributed by atoms with Crippen LogP contribution >= 0.6 is 0 Å². The van der Waals surface area contributed by atoms with Gasteiger partial charge >= 0.3 is 0 Å². The van der Waals surface area contributed by atoms with Crippen LogP contribution in [0.2, 0.25) is 0 Å². The summed E-state index contributed by atoms with van der Waals surface area (Å²) >= 11 is 0. The fourth-order valence-corrected chi connectivity index (χ4v) is 4.53. The molecule has 2 aromatic rings. The summed E-state index contributed by atoms with van der Waals surface area (Å²) in [5.74, 6) is 0.328. The summed E-state index contributed by atoms with van der Waals surface area (Å²) in [4.78, 5) is 26.0. The highest BCUT2D eigenvalue weighted by atomic mass is 16.6. The number of rotatable bonds is 7. The minimum Gasteiger partial charge on any atom is -0.376 e. The van der Waals surface area contributed by atoms with Crippen molar-refractivity contribution in [3.8, 4) is 0 Å². The second-order valence-electron chi connectivity index (χ2n) is 8.42. The Morgan fingerprint density at radius 1 is 1.13 bits per heavy atom. The van der Waals surface area contributed by atoms with Crippen molar-refractivity contribution >= 4 is 17.3 Å². The first kappa shape index (κ1) is 21.3. The van der Waals surface area contributed by atoms with Crippen LogP contribution in [0.15, 0.2) is 48.5 Å². The normalized spacial score (nSPS) is 19.4. The molecule has 2 aromatic carbocycles. The highest BCUT2D eigenvalue weighted by molar-refractivity contribution is 6.00. The molecular formula is C24H29N3O4. The van der Waals surface area contributed by atoms with E-state index in [0.717, 1.165) is 57.5 Å². The van der Waals surface area contributed by atoms with Gasteiger partial charge in [0, 0.05) is 38.4 Å². The third-order valence-corrected chi connectivity index (χ3v) is 6.27. The molecule has 31 heavy (non-hydrogen) atoms. The molecule has 2 aliphatic heterocycles. The van der Waals surface area contributed by atoms with E-state index in [2.05, 4.69) is 34.5 Å². The number of nitro benzene ring substituents is 1. The van der Waals surface area contributed by atoms with Gasteiger partial charge in [0.15, 0.2) is 0 Å². The SMILES string of the molecule is O=C(NC[C@@H]1CCCO1)c1cc([N+](=O)[O-])ccc1N1CCC(Cc2ccccc2)CC1. The molecule has 0 saturated carbocycles. The number of nitrogens with one attached hydrogen (secondary N) is 1. The number of non-ortho nitro benzene ring substituents is 1. The zero-order chi connectivity index (χ0) is 21.6. The molecule has 7 heteroatoms. The molecule has 0 aliphatic carbocycles. The van der Waals surface area contributed by atoms with Crippen LogP contribution in [-0.2, 0) is 11.2 Å². The molecule has 2 saturated heterocycles. The van der Waals surface area contributed by atoms with Crippen molar-refractivity contribution in [2.75, 3.05) is 31.1 Å². The van der Waals surface area contributed by atoms with Crippen LogP contribution in [-0.4, -0.2) is 43.2 Å². The van der Waals surface area contributed by atoms with Gasteiger partial charge in [-0.3, -0.25) is 14.9 Å². The predicted octanol–water partition coefficient (Wildman–Crippen LogP) is 3.96. The summed E-state index contributed by atoms with van der Waals surface area (Å²) in [6.07, 6.45) is 5.08. The Kier molecular flexibility index (Phi) is 6.82. The molecule has 0 spiro atoms.